The Hall–Kier alpha value is -0.430. The van der Waals surface area contributed by atoms with Gasteiger partial charge >= 0.3 is 24.5 Å². The van der Waals surface area contributed by atoms with Gasteiger partial charge in [-0.1, -0.05) is 22.6 Å². The number of hydrogen-bond acceptors (Lipinski definition) is 2. The summed E-state index contributed by atoms with van der Waals surface area (Å²) in [7, 11) is 0. The van der Waals surface area contributed by atoms with Gasteiger partial charge < -0.3 is 4.74 Å². The van der Waals surface area contributed by atoms with Gasteiger partial charge in [0.1, 0.15) is 0 Å². The van der Waals surface area contributed by atoms with Crippen LogP contribution in [0.1, 0.15) is 6.92 Å². The Bertz CT molecular complexity index is 344. The molecule has 0 saturated carbocycles. The van der Waals surface area contributed by atoms with E-state index in [4.69, 9.17) is 0 Å². The second-order valence-corrected chi connectivity index (χ2v) is 4.59. The molecule has 0 aromatic heterocycles. The normalized spacial score (nSPS) is 17.0. The molecule has 120 valence electrons. The van der Waals surface area contributed by atoms with Crippen LogP contribution >= 0.6 is 22.6 Å². The van der Waals surface area contributed by atoms with E-state index in [1.807, 2.05) is 0 Å². The Morgan fingerprint density at radius 1 is 1.00 bits per heavy atom. The smallest absolute Gasteiger partial charge is 0.434 e. The molecule has 0 aromatic carbocycles. The third kappa shape index (κ3) is 4.28. The predicted octanol–water partition coefficient (Wildman–Crippen LogP) is 4.03. The topological polar surface area (TPSA) is 26.3 Å². The first kappa shape index (κ1) is 19.6. The molecule has 1 unspecified atom stereocenters. The quantitative estimate of drug-likeness (QED) is 0.292. The number of carbonyl (C=O) groups excluding carboxylic acids is 1. The second-order valence-electron chi connectivity index (χ2n) is 3.83. The summed E-state index contributed by atoms with van der Waals surface area (Å²) in [6.07, 6.45) is -22.1. The van der Waals surface area contributed by atoms with E-state index in [0.29, 0.717) is 0 Å². The van der Waals surface area contributed by atoms with Crippen molar-refractivity contribution in [2.45, 2.75) is 31.6 Å². The van der Waals surface area contributed by atoms with E-state index in [1.54, 1.807) is 0 Å². The highest BCUT2D eigenvalue weighted by atomic mass is 127. The van der Waals surface area contributed by atoms with Gasteiger partial charge in [-0.2, -0.15) is 39.5 Å². The molecule has 0 N–H and O–H groups in total. The van der Waals surface area contributed by atoms with Crippen LogP contribution in [0, 0.1) is 5.41 Å². The number of hydrogen-bond donors (Lipinski definition) is 0. The van der Waals surface area contributed by atoms with Crippen LogP contribution in [-0.2, 0) is 9.53 Å². The predicted molar refractivity (Wildman–Crippen MR) is 55.0 cm³/mol. The van der Waals surface area contributed by atoms with Gasteiger partial charge in [-0.15, -0.1) is 0 Å². The summed E-state index contributed by atoms with van der Waals surface area (Å²) < 4.78 is 112. The van der Waals surface area contributed by atoms with Crippen LogP contribution in [0.15, 0.2) is 0 Å². The first-order valence-corrected chi connectivity index (χ1v) is 6.07. The highest BCUT2D eigenvalue weighted by Gasteiger charge is 2.64. The Balaban J connectivity index is 5.42. The van der Waals surface area contributed by atoms with E-state index in [0.717, 1.165) is 22.6 Å². The summed E-state index contributed by atoms with van der Waals surface area (Å²) in [5.41, 5.74) is -3.47. The molecule has 0 aromatic rings. The number of halogens is 10. The second kappa shape index (κ2) is 5.75. The van der Waals surface area contributed by atoms with Gasteiger partial charge in [0, 0.05) is 4.43 Å². The van der Waals surface area contributed by atoms with Crippen molar-refractivity contribution in [1.29, 1.82) is 0 Å². The molecular weight excluding hydrogens is 426 g/mol. The maximum Gasteiger partial charge on any atom is 0.434 e. The van der Waals surface area contributed by atoms with Crippen LogP contribution < -0.4 is 0 Å². The molecule has 12 heteroatoms. The van der Waals surface area contributed by atoms with E-state index in [1.165, 1.54) is 0 Å². The molecule has 0 bridgehead atoms. The minimum Gasteiger partial charge on any atom is -0.442 e. The summed E-state index contributed by atoms with van der Waals surface area (Å²) in [4.78, 5) is 11.1. The fourth-order valence-corrected chi connectivity index (χ4v) is 1.55. The van der Waals surface area contributed by atoms with Gasteiger partial charge in [0.05, 0.1) is 0 Å². The third-order valence-electron chi connectivity index (χ3n) is 2.16. The standard InChI is InChI=1S/C8H6F9IO2/c1-5(2-18,8(15,16)17)4(19)20-3(6(9,10)11)7(12,13)14/h3H,2H2,1H3. The van der Waals surface area contributed by atoms with Gasteiger partial charge in [0.15, 0.2) is 5.41 Å². The van der Waals surface area contributed by atoms with Crippen LogP contribution in [0.5, 0.6) is 0 Å². The number of alkyl halides is 10. The highest BCUT2D eigenvalue weighted by molar-refractivity contribution is 14.1. The number of esters is 1. The lowest BCUT2D eigenvalue weighted by Crippen LogP contribution is -2.52. The molecule has 0 amide bonds. The SMILES string of the molecule is CC(CI)(C(=O)OC(C(F)(F)F)C(F)(F)F)C(F)(F)F. The summed E-state index contributed by atoms with van der Waals surface area (Å²) >= 11 is 1.01. The molecule has 0 aliphatic carbocycles. The van der Waals surface area contributed by atoms with Crippen molar-refractivity contribution >= 4 is 28.6 Å². The van der Waals surface area contributed by atoms with Crippen molar-refractivity contribution in [2.75, 3.05) is 4.43 Å². The fraction of sp³-hybridized carbons (Fsp3) is 0.875. The summed E-state index contributed by atoms with van der Waals surface area (Å²) in [6.45, 7) is 0.158. The molecule has 1 atom stereocenters. The summed E-state index contributed by atoms with van der Waals surface area (Å²) in [5, 5.41) is 0. The van der Waals surface area contributed by atoms with Gasteiger partial charge in [0.25, 0.3) is 6.10 Å². The van der Waals surface area contributed by atoms with Crippen LogP contribution in [0.25, 0.3) is 0 Å². The molecule has 2 nitrogen and oxygen atoms in total. The zero-order chi connectivity index (χ0) is 16.6. The lowest BCUT2D eigenvalue weighted by Gasteiger charge is -2.31. The fourth-order valence-electron chi connectivity index (χ4n) is 0.802. The molecule has 0 fully saturated rings. The minimum atomic E-state index is -6.06. The average Bonchev–Trinajstić information content (AvgIpc) is 2.19. The first-order chi connectivity index (χ1) is 8.57. The van der Waals surface area contributed by atoms with E-state index >= 15 is 0 Å². The maximum absolute atomic E-state index is 12.5. The molecule has 0 heterocycles. The van der Waals surface area contributed by atoms with Crippen LogP contribution in [-0.4, -0.2) is 35.0 Å². The van der Waals surface area contributed by atoms with E-state index in [9.17, 15) is 44.3 Å². The van der Waals surface area contributed by atoms with E-state index in [-0.39, 0.29) is 6.92 Å². The molecule has 0 aliphatic rings. The number of rotatable bonds is 3. The Kier molecular flexibility index (Phi) is 5.63. The lowest BCUT2D eigenvalue weighted by atomic mass is 9.93. The Labute approximate surface area is 119 Å². The average molecular weight is 432 g/mol. The number of carbonyl (C=O) groups is 1. The van der Waals surface area contributed by atoms with Crippen LogP contribution in [0.4, 0.5) is 39.5 Å². The van der Waals surface area contributed by atoms with E-state index in [2.05, 4.69) is 4.74 Å². The lowest BCUT2D eigenvalue weighted by molar-refractivity contribution is -0.320. The Morgan fingerprint density at radius 3 is 1.55 bits per heavy atom. The van der Waals surface area contributed by atoms with Gasteiger partial charge in [-0.3, -0.25) is 4.79 Å². The Morgan fingerprint density at radius 2 is 1.35 bits per heavy atom. The largest absolute Gasteiger partial charge is 0.442 e. The summed E-state index contributed by atoms with van der Waals surface area (Å²) in [6, 6.07) is 0. The van der Waals surface area contributed by atoms with Crippen LogP contribution in [0.2, 0.25) is 0 Å². The zero-order valence-electron chi connectivity index (χ0n) is 9.38. The monoisotopic (exact) mass is 432 g/mol. The van der Waals surface area contributed by atoms with Crippen molar-refractivity contribution in [1.82, 2.24) is 0 Å². The van der Waals surface area contributed by atoms with Gasteiger partial charge in [-0.05, 0) is 6.92 Å². The molecule has 0 radical (unpaired) electrons. The molecule has 0 saturated heterocycles. The summed E-state index contributed by atoms with van der Waals surface area (Å²) in [5.74, 6) is -2.64. The van der Waals surface area contributed by atoms with Crippen molar-refractivity contribution in [2.24, 2.45) is 5.41 Å². The third-order valence-corrected chi connectivity index (χ3v) is 3.69. The highest BCUT2D eigenvalue weighted by Crippen LogP contribution is 2.43. The van der Waals surface area contributed by atoms with Crippen molar-refractivity contribution in [3.8, 4) is 0 Å². The zero-order valence-corrected chi connectivity index (χ0v) is 11.5. The molecular formula is C8H6F9IO2. The van der Waals surface area contributed by atoms with Gasteiger partial charge in [-0.25, -0.2) is 0 Å². The number of ether oxygens (including phenoxy) is 1. The molecule has 20 heavy (non-hydrogen) atoms. The van der Waals surface area contributed by atoms with Crippen molar-refractivity contribution < 1.29 is 49.0 Å². The molecule has 0 spiro atoms. The van der Waals surface area contributed by atoms with E-state index < -0.39 is 40.4 Å². The molecule has 0 rings (SSSR count). The maximum atomic E-state index is 12.5. The van der Waals surface area contributed by atoms with Gasteiger partial charge in [0.2, 0.25) is 0 Å². The molecule has 0 aliphatic heterocycles. The first-order valence-electron chi connectivity index (χ1n) is 4.54. The van der Waals surface area contributed by atoms with Crippen molar-refractivity contribution in [3.63, 3.8) is 0 Å². The minimum absolute atomic E-state index is 0.158. The van der Waals surface area contributed by atoms with Crippen molar-refractivity contribution in [3.05, 3.63) is 0 Å². The van der Waals surface area contributed by atoms with Crippen LogP contribution in [0.3, 0.4) is 0 Å².